The van der Waals surface area contributed by atoms with Crippen LogP contribution in [0, 0.1) is 0 Å². The van der Waals surface area contributed by atoms with Crippen molar-refractivity contribution < 1.29 is 0 Å². The minimum atomic E-state index is 1.32. The first-order valence-corrected chi connectivity index (χ1v) is 2.57. The average molecular weight is 88.1 g/mol. The molecular weight excluding hydrogens is 79.0 g/mol. The Kier molecular flexibility index (Phi) is 4.29. The SMILES string of the molecule is [Li][CH]=CC(C)=CC. The molecule has 0 fully saturated rings. The van der Waals surface area contributed by atoms with Crippen molar-refractivity contribution in [2.24, 2.45) is 0 Å². The van der Waals surface area contributed by atoms with Crippen LogP contribution in [0.1, 0.15) is 13.8 Å². The molecule has 34 valence electrons. The zero-order valence-corrected chi connectivity index (χ0v) is 5.23. The molecule has 0 radical (unpaired) electrons. The van der Waals surface area contributed by atoms with Crippen molar-refractivity contribution in [2.45, 2.75) is 13.8 Å². The van der Waals surface area contributed by atoms with Gasteiger partial charge in [0.2, 0.25) is 0 Å². The van der Waals surface area contributed by atoms with Gasteiger partial charge in [-0.2, -0.15) is 0 Å². The molecule has 0 heterocycles. The fourth-order valence-corrected chi connectivity index (χ4v) is 0.359. The molecule has 0 rings (SSSR count). The van der Waals surface area contributed by atoms with Gasteiger partial charge in [-0.3, -0.25) is 0 Å². The van der Waals surface area contributed by atoms with Gasteiger partial charge in [0.05, 0.1) is 0 Å². The predicted octanol–water partition coefficient (Wildman–Crippen LogP) is 1.63. The van der Waals surface area contributed by atoms with E-state index in [-0.39, 0.29) is 0 Å². The van der Waals surface area contributed by atoms with E-state index in [9.17, 15) is 0 Å². The Morgan fingerprint density at radius 2 is 2.14 bits per heavy atom. The first kappa shape index (κ1) is 7.08. The van der Waals surface area contributed by atoms with Crippen molar-refractivity contribution in [3.8, 4) is 0 Å². The summed E-state index contributed by atoms with van der Waals surface area (Å²) in [6.45, 7) is 4.12. The maximum atomic E-state index is 2.08. The third-order valence-corrected chi connectivity index (χ3v) is 0.885. The molecule has 7 heavy (non-hydrogen) atoms. The Hall–Kier alpha value is 0.0774. The third kappa shape index (κ3) is 3.92. The predicted molar refractivity (Wildman–Crippen MR) is 34.3 cm³/mol. The van der Waals surface area contributed by atoms with Gasteiger partial charge >= 0.3 is 54.0 Å². The summed E-state index contributed by atoms with van der Waals surface area (Å²) in [5, 5.41) is 0. The molecule has 0 aliphatic heterocycles. The van der Waals surface area contributed by atoms with E-state index in [0.717, 1.165) is 0 Å². The Morgan fingerprint density at radius 3 is 2.29 bits per heavy atom. The molecule has 0 amide bonds. The van der Waals surface area contributed by atoms with Gasteiger partial charge in [-0.15, -0.1) is 0 Å². The van der Waals surface area contributed by atoms with Gasteiger partial charge in [0.25, 0.3) is 0 Å². The van der Waals surface area contributed by atoms with Crippen molar-refractivity contribution >= 4 is 17.7 Å². The molecule has 0 spiro atoms. The second-order valence-electron chi connectivity index (χ2n) is 1.53. The van der Waals surface area contributed by atoms with Crippen LogP contribution in [-0.4, -0.2) is 17.7 Å². The molecule has 0 atom stereocenters. The first-order chi connectivity index (χ1) is 3.31. The summed E-state index contributed by atoms with van der Waals surface area (Å²) in [4.78, 5) is 0. The van der Waals surface area contributed by atoms with E-state index in [4.69, 9.17) is 0 Å². The van der Waals surface area contributed by atoms with E-state index >= 15 is 0 Å². The second-order valence-corrected chi connectivity index (χ2v) is 1.53. The monoisotopic (exact) mass is 88.1 g/mol. The van der Waals surface area contributed by atoms with Crippen LogP contribution in [0.2, 0.25) is 0 Å². The summed E-state index contributed by atoms with van der Waals surface area (Å²) in [7, 11) is 0. The number of rotatable bonds is 1. The topological polar surface area (TPSA) is 0 Å². The van der Waals surface area contributed by atoms with Gasteiger partial charge in [0.15, 0.2) is 0 Å². The van der Waals surface area contributed by atoms with Crippen LogP contribution < -0.4 is 0 Å². The number of hydrogen-bond donors (Lipinski definition) is 0. The normalized spacial score (nSPS) is 13.4. The fraction of sp³-hybridized carbons (Fsp3) is 0.333. The zero-order valence-electron chi connectivity index (χ0n) is 5.23. The van der Waals surface area contributed by atoms with E-state index in [1.165, 1.54) is 5.57 Å². The van der Waals surface area contributed by atoms with Gasteiger partial charge < -0.3 is 0 Å². The van der Waals surface area contributed by atoms with Crippen LogP contribution in [0.15, 0.2) is 22.5 Å². The Bertz CT molecular complexity index is 90.4. The molecule has 0 aliphatic carbocycles. The van der Waals surface area contributed by atoms with Crippen LogP contribution >= 0.6 is 0 Å². The summed E-state index contributed by atoms with van der Waals surface area (Å²) in [5.41, 5.74) is 1.32. The summed E-state index contributed by atoms with van der Waals surface area (Å²) in [6.07, 6.45) is 4.17. The molecule has 0 nitrogen and oxygen atoms in total. The molecular formula is C6H9Li. The number of allylic oxidation sites excluding steroid dienone is 3. The van der Waals surface area contributed by atoms with Gasteiger partial charge in [-0.25, -0.2) is 0 Å². The molecule has 0 saturated carbocycles. The fourth-order valence-electron chi connectivity index (χ4n) is 0.359. The molecule has 0 aromatic carbocycles. The molecule has 0 saturated heterocycles. The van der Waals surface area contributed by atoms with Gasteiger partial charge in [-0.1, -0.05) is 0 Å². The minimum absolute atomic E-state index is 1.32. The standard InChI is InChI=1S/C6H9.Li/c1-4-6(3)5-2;/h1,4-5H,2-3H3;. The summed E-state index contributed by atoms with van der Waals surface area (Å²) >= 11 is 2.02. The van der Waals surface area contributed by atoms with Gasteiger partial charge in [0, 0.05) is 0 Å². The van der Waals surface area contributed by atoms with E-state index in [2.05, 4.69) is 19.1 Å². The summed E-state index contributed by atoms with van der Waals surface area (Å²) in [6, 6.07) is 0. The van der Waals surface area contributed by atoms with Crippen molar-refractivity contribution in [1.29, 1.82) is 0 Å². The van der Waals surface area contributed by atoms with E-state index < -0.39 is 0 Å². The van der Waals surface area contributed by atoms with E-state index in [0.29, 0.717) is 0 Å². The Balaban J connectivity index is 3.58. The molecule has 0 bridgehead atoms. The molecule has 0 aromatic rings. The van der Waals surface area contributed by atoms with E-state index in [1.807, 2.05) is 29.4 Å². The summed E-state index contributed by atoms with van der Waals surface area (Å²) in [5.74, 6) is 0. The molecule has 0 aliphatic rings. The van der Waals surface area contributed by atoms with Gasteiger partial charge in [-0.05, 0) is 0 Å². The number of hydrogen-bond acceptors (Lipinski definition) is 0. The maximum absolute atomic E-state index is 2.08. The second kappa shape index (κ2) is 4.24. The van der Waals surface area contributed by atoms with Crippen molar-refractivity contribution in [1.82, 2.24) is 0 Å². The quantitative estimate of drug-likeness (QED) is 0.337. The molecule has 1 heteroatoms. The van der Waals surface area contributed by atoms with Crippen LogP contribution in [0.25, 0.3) is 0 Å². The molecule has 0 N–H and O–H groups in total. The first-order valence-electron chi connectivity index (χ1n) is 2.57. The van der Waals surface area contributed by atoms with Crippen LogP contribution in [0.4, 0.5) is 0 Å². The van der Waals surface area contributed by atoms with Crippen molar-refractivity contribution in [2.75, 3.05) is 0 Å². The van der Waals surface area contributed by atoms with Crippen LogP contribution in [0.5, 0.6) is 0 Å². The average Bonchev–Trinajstić information content (AvgIpc) is 1.68. The van der Waals surface area contributed by atoms with E-state index in [1.54, 1.807) is 0 Å². The van der Waals surface area contributed by atoms with Crippen molar-refractivity contribution in [3.05, 3.63) is 22.5 Å². The zero-order chi connectivity index (χ0) is 5.70. The van der Waals surface area contributed by atoms with Crippen molar-refractivity contribution in [3.63, 3.8) is 0 Å². The Morgan fingerprint density at radius 1 is 1.57 bits per heavy atom. The van der Waals surface area contributed by atoms with Crippen LogP contribution in [0.3, 0.4) is 0 Å². The third-order valence-electron chi connectivity index (χ3n) is 0.885. The van der Waals surface area contributed by atoms with Gasteiger partial charge in [0.1, 0.15) is 0 Å². The molecule has 0 unspecified atom stereocenters. The summed E-state index contributed by atoms with van der Waals surface area (Å²) < 4.78 is 2.04. The molecule has 0 aromatic heterocycles. The Labute approximate surface area is 54.5 Å². The van der Waals surface area contributed by atoms with Crippen LogP contribution in [-0.2, 0) is 0 Å².